The van der Waals surface area contributed by atoms with Crippen molar-refractivity contribution in [2.24, 2.45) is 4.99 Å². The Balaban J connectivity index is 2.43. The van der Waals surface area contributed by atoms with Crippen LogP contribution < -0.4 is 5.32 Å². The van der Waals surface area contributed by atoms with E-state index in [1.165, 1.54) is 6.34 Å². The topological polar surface area (TPSA) is 72.2 Å². The highest BCUT2D eigenvalue weighted by atomic mass is 16.2. The Kier molecular flexibility index (Phi) is 1.84. The summed E-state index contributed by atoms with van der Waals surface area (Å²) in [5, 5.41) is 10.2. The molecule has 0 bridgehead atoms. The molecule has 1 aromatic heterocycles. The average Bonchev–Trinajstić information content (AvgIpc) is 2.51. The summed E-state index contributed by atoms with van der Waals surface area (Å²) in [4.78, 5) is 15.2. The van der Waals surface area contributed by atoms with Crippen LogP contribution >= 0.6 is 0 Å². The van der Waals surface area contributed by atoms with E-state index in [1.807, 2.05) is 0 Å². The number of fused-ring (bicyclic) bond motifs is 1. The first-order valence-corrected chi connectivity index (χ1v) is 4.18. The van der Waals surface area contributed by atoms with Gasteiger partial charge in [-0.15, -0.1) is 0 Å². The van der Waals surface area contributed by atoms with Gasteiger partial charge >= 0.3 is 0 Å². The summed E-state index contributed by atoms with van der Waals surface area (Å²) >= 11 is 0. The number of nitrogens with zero attached hydrogens (tertiary/aromatic N) is 3. The summed E-state index contributed by atoms with van der Waals surface area (Å²) in [6, 6.07) is 0. The van der Waals surface area contributed by atoms with Crippen LogP contribution in [0, 0.1) is 0 Å². The number of carbonyl (C=O) groups excluding carboxylic acids is 1. The first-order valence-electron chi connectivity index (χ1n) is 4.18. The molecule has 0 saturated heterocycles. The number of amides is 1. The lowest BCUT2D eigenvalue weighted by Gasteiger charge is -2.01. The van der Waals surface area contributed by atoms with Gasteiger partial charge < -0.3 is 0 Å². The highest BCUT2D eigenvalue weighted by molar-refractivity contribution is 6.05. The highest BCUT2D eigenvalue weighted by Gasteiger charge is 2.21. The number of aromatic amines is 1. The van der Waals surface area contributed by atoms with Gasteiger partial charge in [0.15, 0.2) is 5.69 Å². The fraction of sp³-hybridized carbons (Fsp3) is 0.375. The third-order valence-corrected chi connectivity index (χ3v) is 1.88. The Morgan fingerprint density at radius 3 is 3.15 bits per heavy atom. The van der Waals surface area contributed by atoms with E-state index in [-0.39, 0.29) is 5.91 Å². The van der Waals surface area contributed by atoms with Crippen LogP contribution in [-0.4, -0.2) is 22.4 Å². The maximum Gasteiger partial charge on any atom is 0.298 e. The largest absolute Gasteiger partial charge is 0.298 e. The number of nitrogens with one attached hydrogen (secondary N) is 1. The van der Waals surface area contributed by atoms with E-state index in [9.17, 15) is 4.79 Å². The zero-order chi connectivity index (χ0) is 9.26. The molecule has 5 heteroatoms. The summed E-state index contributed by atoms with van der Waals surface area (Å²) in [5.41, 5.74) is 1.91. The molecular formula is C8H9N4O. The Bertz CT molecular complexity index is 366. The minimum Gasteiger partial charge on any atom is -0.271 e. The van der Waals surface area contributed by atoms with E-state index in [4.69, 9.17) is 0 Å². The van der Waals surface area contributed by atoms with Gasteiger partial charge in [-0.25, -0.2) is 4.99 Å². The molecule has 0 aromatic carbocycles. The van der Waals surface area contributed by atoms with Crippen molar-refractivity contribution in [1.29, 1.82) is 0 Å². The number of rotatable bonds is 2. The number of aromatic nitrogens is 2. The van der Waals surface area contributed by atoms with Gasteiger partial charge in [-0.3, -0.25) is 9.89 Å². The number of H-pyrrole nitrogens is 1. The molecule has 0 aliphatic carbocycles. The van der Waals surface area contributed by atoms with Crippen molar-refractivity contribution in [2.75, 3.05) is 0 Å². The number of hydrogen-bond donors (Lipinski definition) is 1. The zero-order valence-corrected chi connectivity index (χ0v) is 7.24. The van der Waals surface area contributed by atoms with Crippen LogP contribution in [0.5, 0.6) is 0 Å². The second-order valence-corrected chi connectivity index (χ2v) is 2.82. The van der Waals surface area contributed by atoms with Crippen LogP contribution in [-0.2, 0) is 6.42 Å². The molecule has 1 aliphatic heterocycles. The van der Waals surface area contributed by atoms with Crippen LogP contribution in [0.15, 0.2) is 4.99 Å². The van der Waals surface area contributed by atoms with E-state index in [0.29, 0.717) is 11.4 Å². The highest BCUT2D eigenvalue weighted by Crippen LogP contribution is 2.24. The summed E-state index contributed by atoms with van der Waals surface area (Å²) in [6.07, 6.45) is 3.09. The maximum absolute atomic E-state index is 11.2. The molecule has 2 rings (SSSR count). The Morgan fingerprint density at radius 1 is 1.54 bits per heavy atom. The number of aryl methyl sites for hydroxylation is 1. The lowest BCUT2D eigenvalue weighted by atomic mass is 10.2. The Morgan fingerprint density at radius 2 is 2.38 bits per heavy atom. The minimum atomic E-state index is -0.292. The third-order valence-electron chi connectivity index (χ3n) is 1.88. The van der Waals surface area contributed by atoms with E-state index >= 15 is 0 Å². The van der Waals surface area contributed by atoms with Gasteiger partial charge in [0.2, 0.25) is 0 Å². The molecule has 67 valence electrons. The summed E-state index contributed by atoms with van der Waals surface area (Å²) in [6.45, 7) is 2.06. The quantitative estimate of drug-likeness (QED) is 0.725. The molecule has 1 radical (unpaired) electrons. The fourth-order valence-corrected chi connectivity index (χ4v) is 1.28. The molecule has 1 aromatic rings. The molecular weight excluding hydrogens is 168 g/mol. The molecule has 13 heavy (non-hydrogen) atoms. The van der Waals surface area contributed by atoms with Crippen molar-refractivity contribution in [2.45, 2.75) is 19.8 Å². The molecule has 0 saturated carbocycles. The SMILES string of the molecule is CCCc1n[nH]c2c1N=C[N]C2=O. The van der Waals surface area contributed by atoms with Crippen LogP contribution in [0.25, 0.3) is 0 Å². The maximum atomic E-state index is 11.2. The van der Waals surface area contributed by atoms with Gasteiger partial charge in [0.25, 0.3) is 5.91 Å². The summed E-state index contributed by atoms with van der Waals surface area (Å²) in [5.74, 6) is -0.292. The van der Waals surface area contributed by atoms with Gasteiger partial charge in [-0.05, 0) is 6.42 Å². The van der Waals surface area contributed by atoms with Crippen molar-refractivity contribution in [3.05, 3.63) is 11.4 Å². The van der Waals surface area contributed by atoms with E-state index in [0.717, 1.165) is 18.5 Å². The fourth-order valence-electron chi connectivity index (χ4n) is 1.28. The molecule has 0 atom stereocenters. The smallest absolute Gasteiger partial charge is 0.271 e. The van der Waals surface area contributed by atoms with E-state index in [2.05, 4.69) is 27.4 Å². The normalized spacial score (nSPS) is 14.1. The van der Waals surface area contributed by atoms with Crippen LogP contribution in [0.1, 0.15) is 29.5 Å². The second-order valence-electron chi connectivity index (χ2n) is 2.82. The van der Waals surface area contributed by atoms with Gasteiger partial charge in [0.1, 0.15) is 12.0 Å². The van der Waals surface area contributed by atoms with Crippen molar-refractivity contribution in [3.8, 4) is 0 Å². The first kappa shape index (κ1) is 7.97. The van der Waals surface area contributed by atoms with Crippen LogP contribution in [0.2, 0.25) is 0 Å². The Labute approximate surface area is 75.3 Å². The van der Waals surface area contributed by atoms with Crippen molar-refractivity contribution in [3.63, 3.8) is 0 Å². The van der Waals surface area contributed by atoms with E-state index < -0.39 is 0 Å². The molecule has 0 fully saturated rings. The second kappa shape index (κ2) is 3.01. The average molecular weight is 177 g/mol. The molecule has 1 aliphatic rings. The van der Waals surface area contributed by atoms with Crippen molar-refractivity contribution < 1.29 is 4.79 Å². The molecule has 5 nitrogen and oxygen atoms in total. The molecule has 2 heterocycles. The summed E-state index contributed by atoms with van der Waals surface area (Å²) < 4.78 is 0. The van der Waals surface area contributed by atoms with Crippen molar-refractivity contribution in [1.82, 2.24) is 15.5 Å². The van der Waals surface area contributed by atoms with Crippen molar-refractivity contribution >= 4 is 17.9 Å². The standard InChI is InChI=1S/C8H9N4O/c1-2-3-5-6-7(12-11-5)8(13)10-4-9-6/h4H,2-3H2,1H3,(H,11,12). The predicted octanol–water partition coefficient (Wildman–Crippen LogP) is 0.780. The number of hydrogen-bond acceptors (Lipinski definition) is 3. The minimum absolute atomic E-state index is 0.292. The van der Waals surface area contributed by atoms with Gasteiger partial charge in [-0.1, -0.05) is 13.3 Å². The third kappa shape index (κ3) is 1.22. The zero-order valence-electron chi connectivity index (χ0n) is 7.24. The lowest BCUT2D eigenvalue weighted by Crippen LogP contribution is -2.17. The molecule has 0 spiro atoms. The molecule has 0 unspecified atom stereocenters. The number of aliphatic imine (C=N–C) groups is 1. The monoisotopic (exact) mass is 177 g/mol. The van der Waals surface area contributed by atoms with Gasteiger partial charge in [-0.2, -0.15) is 10.4 Å². The van der Waals surface area contributed by atoms with Crippen LogP contribution in [0.3, 0.4) is 0 Å². The predicted molar refractivity (Wildman–Crippen MR) is 47.2 cm³/mol. The van der Waals surface area contributed by atoms with Gasteiger partial charge in [0.05, 0.1) is 5.69 Å². The van der Waals surface area contributed by atoms with Crippen LogP contribution in [0.4, 0.5) is 5.69 Å². The molecule has 1 amide bonds. The Hall–Kier alpha value is -1.65. The van der Waals surface area contributed by atoms with E-state index in [1.54, 1.807) is 0 Å². The van der Waals surface area contributed by atoms with Gasteiger partial charge in [0, 0.05) is 0 Å². The summed E-state index contributed by atoms with van der Waals surface area (Å²) in [7, 11) is 0. The first-order chi connectivity index (χ1) is 6.33. The molecule has 1 N–H and O–H groups in total. The number of carbonyl (C=O) groups is 1. The lowest BCUT2D eigenvalue weighted by molar-refractivity contribution is 0.0969.